The minimum Gasteiger partial charge on any atom is -0.463 e. The van der Waals surface area contributed by atoms with E-state index in [4.69, 9.17) is 4.74 Å². The molecule has 0 unspecified atom stereocenters. The number of hydrogen-bond donors (Lipinski definition) is 2. The second kappa shape index (κ2) is 11.4. The van der Waals surface area contributed by atoms with Crippen molar-refractivity contribution in [1.82, 2.24) is 20.0 Å². The van der Waals surface area contributed by atoms with Crippen LogP contribution in [0.4, 0.5) is 19.7 Å². The Morgan fingerprint density at radius 2 is 1.81 bits per heavy atom. The zero-order chi connectivity index (χ0) is 26.5. The first-order valence-electron chi connectivity index (χ1n) is 12.3. The van der Waals surface area contributed by atoms with Crippen LogP contribution in [0, 0.1) is 5.82 Å². The molecule has 4 rings (SSSR count). The molecule has 2 aliphatic heterocycles. The molecule has 37 heavy (non-hydrogen) atoms. The number of hydrogen-bond acceptors (Lipinski definition) is 5. The highest BCUT2D eigenvalue weighted by molar-refractivity contribution is 5.95. The van der Waals surface area contributed by atoms with E-state index < -0.39 is 17.8 Å². The fourth-order valence-corrected chi connectivity index (χ4v) is 4.71. The summed E-state index contributed by atoms with van der Waals surface area (Å²) in [7, 11) is 1.61. The minimum atomic E-state index is -0.770. The van der Waals surface area contributed by atoms with Crippen LogP contribution < -0.4 is 10.6 Å². The molecule has 0 spiro atoms. The van der Waals surface area contributed by atoms with Gasteiger partial charge in [-0.3, -0.25) is 9.80 Å². The summed E-state index contributed by atoms with van der Waals surface area (Å²) in [6.45, 7) is 5.78. The largest absolute Gasteiger partial charge is 0.463 e. The molecule has 0 aliphatic carbocycles. The van der Waals surface area contributed by atoms with Crippen molar-refractivity contribution in [1.29, 1.82) is 0 Å². The molecule has 0 radical (unpaired) electrons. The van der Waals surface area contributed by atoms with E-state index >= 15 is 0 Å². The Labute approximate surface area is 215 Å². The van der Waals surface area contributed by atoms with Gasteiger partial charge in [0.2, 0.25) is 0 Å². The molecule has 0 saturated carbocycles. The van der Waals surface area contributed by atoms with Gasteiger partial charge in [0, 0.05) is 50.7 Å². The highest BCUT2D eigenvalue weighted by atomic mass is 19.1. The van der Waals surface area contributed by atoms with Crippen LogP contribution in [0.5, 0.6) is 0 Å². The van der Waals surface area contributed by atoms with Crippen LogP contribution >= 0.6 is 0 Å². The number of esters is 1. The number of halogens is 1. The lowest BCUT2D eigenvalue weighted by Crippen LogP contribution is -2.56. The Morgan fingerprint density at radius 1 is 1.11 bits per heavy atom. The van der Waals surface area contributed by atoms with E-state index in [9.17, 15) is 18.8 Å². The van der Waals surface area contributed by atoms with Gasteiger partial charge in [0.25, 0.3) is 0 Å². The summed E-state index contributed by atoms with van der Waals surface area (Å²) >= 11 is 0. The van der Waals surface area contributed by atoms with Gasteiger partial charge in [-0.05, 0) is 43.7 Å². The first kappa shape index (κ1) is 26.2. The summed E-state index contributed by atoms with van der Waals surface area (Å²) in [6.07, 6.45) is 0. The summed E-state index contributed by atoms with van der Waals surface area (Å²) in [4.78, 5) is 44.2. The molecule has 2 atom stereocenters. The standard InChI is InChI=1S/C27H32FN5O4/c1-4-37-25(34)23-22(31(3)26(35)30-24(23)19-10-12-20(28)13-11-19)17-32-14-15-33(18(2)16-32)27(36)29-21-8-6-5-7-9-21/h5-13,18,24H,4,14-17H2,1-3H3,(H,29,36)(H,30,35)/t18-,24+/m1/s1. The molecule has 9 nitrogen and oxygen atoms in total. The number of carbonyl (C=O) groups is 3. The highest BCUT2D eigenvalue weighted by Crippen LogP contribution is 2.32. The molecule has 2 heterocycles. The number of nitrogens with zero attached hydrogens (tertiary/aromatic N) is 3. The first-order chi connectivity index (χ1) is 17.8. The van der Waals surface area contributed by atoms with Gasteiger partial charge in [-0.2, -0.15) is 0 Å². The smallest absolute Gasteiger partial charge is 0.338 e. The Bertz CT molecular complexity index is 1170. The molecule has 0 aromatic heterocycles. The van der Waals surface area contributed by atoms with E-state index in [0.29, 0.717) is 43.0 Å². The highest BCUT2D eigenvalue weighted by Gasteiger charge is 2.38. The van der Waals surface area contributed by atoms with Crippen LogP contribution in [-0.2, 0) is 9.53 Å². The summed E-state index contributed by atoms with van der Waals surface area (Å²) < 4.78 is 18.9. The lowest BCUT2D eigenvalue weighted by molar-refractivity contribution is -0.139. The molecule has 1 fully saturated rings. The van der Waals surface area contributed by atoms with Gasteiger partial charge in [-0.25, -0.2) is 18.8 Å². The molecule has 1 saturated heterocycles. The fraction of sp³-hybridized carbons (Fsp3) is 0.370. The maximum Gasteiger partial charge on any atom is 0.338 e. The molecule has 196 valence electrons. The maximum absolute atomic E-state index is 13.6. The number of amides is 4. The maximum atomic E-state index is 13.6. The van der Waals surface area contributed by atoms with E-state index in [-0.39, 0.29) is 24.7 Å². The molecule has 2 aliphatic rings. The minimum absolute atomic E-state index is 0.0975. The van der Waals surface area contributed by atoms with Crippen molar-refractivity contribution in [3.63, 3.8) is 0 Å². The summed E-state index contributed by atoms with van der Waals surface area (Å²) in [5.74, 6) is -0.944. The van der Waals surface area contributed by atoms with Crippen molar-refractivity contribution in [2.45, 2.75) is 25.9 Å². The lowest BCUT2D eigenvalue weighted by atomic mass is 9.94. The number of piperazine rings is 1. The topological polar surface area (TPSA) is 94.2 Å². The average molecular weight is 510 g/mol. The fourth-order valence-electron chi connectivity index (χ4n) is 4.71. The summed E-state index contributed by atoms with van der Waals surface area (Å²) in [5.41, 5.74) is 2.14. The van der Waals surface area contributed by atoms with Crippen LogP contribution in [0.25, 0.3) is 0 Å². The first-order valence-corrected chi connectivity index (χ1v) is 12.3. The SMILES string of the molecule is CCOC(=O)C1=C(CN2CCN(C(=O)Nc3ccccc3)[C@H](C)C2)N(C)C(=O)N[C@H]1c1ccc(F)cc1. The Morgan fingerprint density at radius 3 is 2.46 bits per heavy atom. The molecular formula is C27H32FN5O4. The van der Waals surface area contributed by atoms with Crippen molar-refractivity contribution in [3.05, 3.63) is 77.2 Å². The third-order valence-corrected chi connectivity index (χ3v) is 6.65. The second-order valence-electron chi connectivity index (χ2n) is 9.15. The molecule has 4 amide bonds. The molecule has 2 N–H and O–H groups in total. The molecule has 2 aromatic carbocycles. The van der Waals surface area contributed by atoms with Crippen molar-refractivity contribution < 1.29 is 23.5 Å². The van der Waals surface area contributed by atoms with Crippen LogP contribution in [0.1, 0.15) is 25.5 Å². The number of carbonyl (C=O) groups excluding carboxylic acids is 3. The normalized spacial score (nSPS) is 20.5. The second-order valence-corrected chi connectivity index (χ2v) is 9.15. The average Bonchev–Trinajstić information content (AvgIpc) is 2.88. The Balaban J connectivity index is 1.55. The zero-order valence-electron chi connectivity index (χ0n) is 21.2. The van der Waals surface area contributed by atoms with E-state index in [2.05, 4.69) is 15.5 Å². The summed E-state index contributed by atoms with van der Waals surface area (Å²) in [5, 5.41) is 5.76. The number of anilines is 1. The number of rotatable bonds is 6. The third kappa shape index (κ3) is 5.91. The van der Waals surface area contributed by atoms with Gasteiger partial charge in [0.05, 0.1) is 18.2 Å². The Kier molecular flexibility index (Phi) is 8.08. The summed E-state index contributed by atoms with van der Waals surface area (Å²) in [6, 6.07) is 13.6. The van der Waals surface area contributed by atoms with E-state index in [1.807, 2.05) is 37.3 Å². The number of nitrogens with one attached hydrogen (secondary N) is 2. The monoisotopic (exact) mass is 509 g/mol. The van der Waals surface area contributed by atoms with E-state index in [0.717, 1.165) is 5.69 Å². The van der Waals surface area contributed by atoms with Crippen molar-refractivity contribution >= 4 is 23.7 Å². The van der Waals surface area contributed by atoms with E-state index in [1.165, 1.54) is 17.0 Å². The van der Waals surface area contributed by atoms with Gasteiger partial charge in [-0.15, -0.1) is 0 Å². The van der Waals surface area contributed by atoms with Gasteiger partial charge in [0.1, 0.15) is 5.82 Å². The van der Waals surface area contributed by atoms with Crippen LogP contribution in [0.3, 0.4) is 0 Å². The van der Waals surface area contributed by atoms with Gasteiger partial charge in [0.15, 0.2) is 0 Å². The number of benzene rings is 2. The van der Waals surface area contributed by atoms with E-state index in [1.54, 1.807) is 31.0 Å². The predicted octanol–water partition coefficient (Wildman–Crippen LogP) is 3.58. The Hall–Kier alpha value is -3.92. The lowest BCUT2D eigenvalue weighted by Gasteiger charge is -2.42. The molecular weight excluding hydrogens is 477 g/mol. The van der Waals surface area contributed by atoms with Crippen LogP contribution in [-0.4, -0.2) is 78.6 Å². The number of ether oxygens (including phenoxy) is 1. The third-order valence-electron chi connectivity index (χ3n) is 6.65. The van der Waals surface area contributed by atoms with Crippen molar-refractivity contribution in [3.8, 4) is 0 Å². The number of urea groups is 2. The van der Waals surface area contributed by atoms with Gasteiger partial charge in [-0.1, -0.05) is 30.3 Å². The zero-order valence-corrected chi connectivity index (χ0v) is 21.2. The quantitative estimate of drug-likeness (QED) is 0.581. The molecule has 10 heteroatoms. The van der Waals surface area contributed by atoms with Crippen molar-refractivity contribution in [2.75, 3.05) is 45.2 Å². The van der Waals surface area contributed by atoms with Crippen LogP contribution in [0.2, 0.25) is 0 Å². The number of likely N-dealkylation sites (N-methyl/N-ethyl adjacent to an activating group) is 1. The van der Waals surface area contributed by atoms with Crippen molar-refractivity contribution in [2.24, 2.45) is 0 Å². The molecule has 0 bridgehead atoms. The van der Waals surface area contributed by atoms with Crippen LogP contribution in [0.15, 0.2) is 65.9 Å². The number of para-hydroxylation sites is 1. The van der Waals surface area contributed by atoms with Gasteiger partial charge < -0.3 is 20.3 Å². The predicted molar refractivity (Wildman–Crippen MR) is 137 cm³/mol. The molecule has 2 aromatic rings. The van der Waals surface area contributed by atoms with Gasteiger partial charge >= 0.3 is 18.0 Å².